The molecule has 23 heavy (non-hydrogen) atoms. The monoisotopic (exact) mass is 325 g/mol. The number of alkyl halides is 3. The van der Waals surface area contributed by atoms with E-state index in [1.165, 1.54) is 18.2 Å². The maximum atomic E-state index is 12.9. The van der Waals surface area contributed by atoms with Crippen LogP contribution in [-0.2, 0) is 30.5 Å². The van der Waals surface area contributed by atoms with Gasteiger partial charge in [-0.25, -0.2) is 4.98 Å². The minimum absolute atomic E-state index is 0.0604. The van der Waals surface area contributed by atoms with Crippen LogP contribution >= 0.6 is 0 Å². The normalized spacial score (nSPS) is 11.5. The second-order valence-electron chi connectivity index (χ2n) is 5.07. The van der Waals surface area contributed by atoms with Gasteiger partial charge < -0.3 is 9.88 Å². The molecule has 1 N–H and O–H groups in total. The number of aromatic nitrogens is 2. The number of amides is 1. The van der Waals surface area contributed by atoms with Gasteiger partial charge in [-0.15, -0.1) is 0 Å². The Balaban J connectivity index is 1.90. The number of rotatable bonds is 6. The first kappa shape index (κ1) is 17.1. The molecular weight excluding hydrogens is 307 g/mol. The number of benzene rings is 1. The highest BCUT2D eigenvalue weighted by Gasteiger charge is 2.32. The molecule has 0 atom stereocenters. The molecule has 0 aliphatic heterocycles. The van der Waals surface area contributed by atoms with E-state index in [2.05, 4.69) is 10.3 Å². The molecule has 2 rings (SSSR count). The van der Waals surface area contributed by atoms with E-state index in [1.807, 2.05) is 11.5 Å². The zero-order chi connectivity index (χ0) is 16.9. The van der Waals surface area contributed by atoms with Gasteiger partial charge in [-0.2, -0.15) is 13.2 Å². The molecule has 0 spiro atoms. The van der Waals surface area contributed by atoms with Crippen LogP contribution in [-0.4, -0.2) is 15.5 Å². The number of hydrogen-bond donors (Lipinski definition) is 1. The number of aryl methyl sites for hydroxylation is 2. The van der Waals surface area contributed by atoms with Crippen molar-refractivity contribution >= 4 is 5.91 Å². The molecule has 0 saturated heterocycles. The fraction of sp³-hybridized carbons (Fsp3) is 0.375. The summed E-state index contributed by atoms with van der Waals surface area (Å²) in [6, 6.07) is 5.24. The number of hydrogen-bond acceptors (Lipinski definition) is 2. The van der Waals surface area contributed by atoms with Crippen molar-refractivity contribution in [2.75, 3.05) is 0 Å². The van der Waals surface area contributed by atoms with Crippen LogP contribution in [0.1, 0.15) is 30.3 Å². The lowest BCUT2D eigenvalue weighted by Crippen LogP contribution is -2.25. The van der Waals surface area contributed by atoms with Gasteiger partial charge in [-0.05, 0) is 11.6 Å². The predicted molar refractivity (Wildman–Crippen MR) is 79.5 cm³/mol. The Morgan fingerprint density at radius 2 is 2.04 bits per heavy atom. The lowest BCUT2D eigenvalue weighted by Gasteiger charge is -2.13. The van der Waals surface area contributed by atoms with Crippen LogP contribution in [0.5, 0.6) is 0 Å². The molecule has 1 heterocycles. The van der Waals surface area contributed by atoms with E-state index in [0.29, 0.717) is 6.54 Å². The Bertz CT molecular complexity index is 665. The van der Waals surface area contributed by atoms with Gasteiger partial charge >= 0.3 is 6.18 Å². The van der Waals surface area contributed by atoms with Gasteiger partial charge in [0.25, 0.3) is 0 Å². The minimum Gasteiger partial charge on any atom is -0.352 e. The zero-order valence-electron chi connectivity index (χ0n) is 12.7. The highest BCUT2D eigenvalue weighted by molar-refractivity contribution is 5.75. The smallest absolute Gasteiger partial charge is 0.352 e. The molecule has 7 heteroatoms. The molecule has 1 aromatic carbocycles. The Kier molecular flexibility index (Phi) is 5.41. The lowest BCUT2D eigenvalue weighted by atomic mass is 10.1. The maximum absolute atomic E-state index is 12.9. The molecule has 0 aliphatic rings. The average molecular weight is 325 g/mol. The van der Waals surface area contributed by atoms with E-state index in [9.17, 15) is 18.0 Å². The lowest BCUT2D eigenvalue weighted by molar-refractivity contribution is -0.138. The second-order valence-corrected chi connectivity index (χ2v) is 5.07. The summed E-state index contributed by atoms with van der Waals surface area (Å²) in [6.07, 6.45) is -0.0271. The summed E-state index contributed by atoms with van der Waals surface area (Å²) >= 11 is 0. The third kappa shape index (κ3) is 4.58. The molecule has 4 nitrogen and oxygen atoms in total. The number of carbonyl (C=O) groups excluding carboxylic acids is 1. The number of nitrogens with zero attached hydrogens (tertiary/aromatic N) is 2. The average Bonchev–Trinajstić information content (AvgIpc) is 2.97. The highest BCUT2D eigenvalue weighted by atomic mass is 19.4. The Morgan fingerprint density at radius 1 is 1.30 bits per heavy atom. The van der Waals surface area contributed by atoms with E-state index >= 15 is 0 Å². The summed E-state index contributed by atoms with van der Waals surface area (Å²) < 4.78 is 40.5. The standard InChI is InChI=1S/C16H18F3N3O/c1-2-14-20-8-10-22(14)9-7-15(23)21-11-12-5-3-4-6-13(12)16(17,18)19/h3-6,8,10H,2,7,9,11H2,1H3,(H,21,23). The van der Waals surface area contributed by atoms with Crippen LogP contribution in [0.4, 0.5) is 13.2 Å². The van der Waals surface area contributed by atoms with Crippen LogP contribution in [0.25, 0.3) is 0 Å². The largest absolute Gasteiger partial charge is 0.416 e. The molecule has 0 bridgehead atoms. The summed E-state index contributed by atoms with van der Waals surface area (Å²) in [4.78, 5) is 16.0. The van der Waals surface area contributed by atoms with E-state index in [-0.39, 0.29) is 24.4 Å². The van der Waals surface area contributed by atoms with Crippen LogP contribution in [0.3, 0.4) is 0 Å². The van der Waals surface area contributed by atoms with Gasteiger partial charge in [-0.3, -0.25) is 4.79 Å². The fourth-order valence-electron chi connectivity index (χ4n) is 2.31. The van der Waals surface area contributed by atoms with Gasteiger partial charge in [0.1, 0.15) is 5.82 Å². The van der Waals surface area contributed by atoms with E-state index in [4.69, 9.17) is 0 Å². The predicted octanol–water partition coefficient (Wildman–Crippen LogP) is 3.17. The molecule has 0 aliphatic carbocycles. The zero-order valence-corrected chi connectivity index (χ0v) is 12.7. The van der Waals surface area contributed by atoms with Crippen molar-refractivity contribution in [3.63, 3.8) is 0 Å². The van der Waals surface area contributed by atoms with E-state index in [1.54, 1.807) is 12.4 Å². The minimum atomic E-state index is -4.42. The molecule has 1 aromatic heterocycles. The summed E-state index contributed by atoms with van der Waals surface area (Å²) in [5, 5.41) is 2.54. The van der Waals surface area contributed by atoms with Crippen molar-refractivity contribution in [3.8, 4) is 0 Å². The third-order valence-electron chi connectivity index (χ3n) is 3.50. The Hall–Kier alpha value is -2.31. The van der Waals surface area contributed by atoms with E-state index in [0.717, 1.165) is 18.3 Å². The Morgan fingerprint density at radius 3 is 2.74 bits per heavy atom. The number of imidazole rings is 1. The number of carbonyl (C=O) groups is 1. The summed E-state index contributed by atoms with van der Waals surface area (Å²) in [6.45, 7) is 2.28. The Labute approximate surface area is 132 Å². The SMILES string of the molecule is CCc1nccn1CCC(=O)NCc1ccccc1C(F)(F)F. The van der Waals surface area contributed by atoms with Crippen LogP contribution in [0.2, 0.25) is 0 Å². The van der Waals surface area contributed by atoms with Crippen LogP contribution < -0.4 is 5.32 Å². The van der Waals surface area contributed by atoms with Gasteiger partial charge in [0.2, 0.25) is 5.91 Å². The quantitative estimate of drug-likeness (QED) is 0.887. The van der Waals surface area contributed by atoms with Gasteiger partial charge in [0, 0.05) is 38.3 Å². The summed E-state index contributed by atoms with van der Waals surface area (Å²) in [5.41, 5.74) is -0.659. The van der Waals surface area contributed by atoms with Crippen molar-refractivity contribution in [2.24, 2.45) is 0 Å². The van der Waals surface area contributed by atoms with Crippen molar-refractivity contribution < 1.29 is 18.0 Å². The topological polar surface area (TPSA) is 46.9 Å². The first-order valence-electron chi connectivity index (χ1n) is 7.33. The fourth-order valence-corrected chi connectivity index (χ4v) is 2.31. The molecule has 124 valence electrons. The molecule has 0 radical (unpaired) electrons. The number of nitrogens with one attached hydrogen (secondary N) is 1. The van der Waals surface area contributed by atoms with Crippen LogP contribution in [0, 0.1) is 0 Å². The van der Waals surface area contributed by atoms with Crippen molar-refractivity contribution in [2.45, 2.75) is 39.0 Å². The summed E-state index contributed by atoms with van der Waals surface area (Å²) in [7, 11) is 0. The van der Waals surface area contributed by atoms with Gasteiger partial charge in [-0.1, -0.05) is 25.1 Å². The molecule has 0 saturated carbocycles. The van der Waals surface area contributed by atoms with E-state index < -0.39 is 11.7 Å². The van der Waals surface area contributed by atoms with Crippen molar-refractivity contribution in [1.82, 2.24) is 14.9 Å². The molecule has 0 fully saturated rings. The molecule has 0 unspecified atom stereocenters. The van der Waals surface area contributed by atoms with Crippen LogP contribution in [0.15, 0.2) is 36.7 Å². The van der Waals surface area contributed by atoms with Crippen molar-refractivity contribution in [3.05, 3.63) is 53.6 Å². The summed E-state index contributed by atoms with van der Waals surface area (Å²) in [5.74, 6) is 0.581. The molecule has 2 aromatic rings. The third-order valence-corrected chi connectivity index (χ3v) is 3.50. The second kappa shape index (κ2) is 7.30. The first-order valence-corrected chi connectivity index (χ1v) is 7.33. The first-order chi connectivity index (χ1) is 10.9. The highest BCUT2D eigenvalue weighted by Crippen LogP contribution is 2.31. The van der Waals surface area contributed by atoms with Gasteiger partial charge in [0.15, 0.2) is 0 Å². The number of halogens is 3. The van der Waals surface area contributed by atoms with Gasteiger partial charge in [0.05, 0.1) is 5.56 Å². The molecule has 1 amide bonds. The van der Waals surface area contributed by atoms with Crippen molar-refractivity contribution in [1.29, 1.82) is 0 Å². The maximum Gasteiger partial charge on any atom is 0.416 e. The molecular formula is C16H18F3N3O.